The van der Waals surface area contributed by atoms with Crippen LogP contribution >= 0.6 is 0 Å². The fourth-order valence-corrected chi connectivity index (χ4v) is 1.40. The van der Waals surface area contributed by atoms with Crippen molar-refractivity contribution >= 4 is 5.91 Å². The van der Waals surface area contributed by atoms with E-state index in [0.29, 0.717) is 12.2 Å². The highest BCUT2D eigenvalue weighted by Gasteiger charge is 2.03. The molecule has 0 saturated carbocycles. The molecule has 0 aliphatic rings. The van der Waals surface area contributed by atoms with E-state index in [4.69, 9.17) is 10.00 Å². The normalized spacial score (nSPS) is 11.4. The van der Waals surface area contributed by atoms with Gasteiger partial charge in [-0.25, -0.2) is 0 Å². The molecule has 18 heavy (non-hydrogen) atoms. The Morgan fingerprint density at radius 1 is 1.50 bits per heavy atom. The molecule has 2 N–H and O–H groups in total. The maximum absolute atomic E-state index is 11.2. The van der Waals surface area contributed by atoms with Gasteiger partial charge in [-0.3, -0.25) is 4.79 Å². The summed E-state index contributed by atoms with van der Waals surface area (Å²) in [5.74, 6) is 0.251. The Morgan fingerprint density at radius 2 is 2.17 bits per heavy atom. The summed E-state index contributed by atoms with van der Waals surface area (Å²) in [4.78, 5) is 11.2. The van der Waals surface area contributed by atoms with E-state index in [1.807, 2.05) is 18.2 Å². The topological polar surface area (TPSA) is 82.3 Å². The lowest BCUT2D eigenvalue weighted by Crippen LogP contribution is -2.28. The molecule has 0 radical (unpaired) electrons. The van der Waals surface area contributed by atoms with Crippen LogP contribution < -0.4 is 10.1 Å². The lowest BCUT2D eigenvalue weighted by Gasteiger charge is -2.07. The minimum Gasteiger partial charge on any atom is -0.484 e. The summed E-state index contributed by atoms with van der Waals surface area (Å²) >= 11 is 0. The molecule has 0 aliphatic heterocycles. The SMILES string of the molecule is CC(O)Cc1ccc(OCC(=O)NCC#N)cc1. The van der Waals surface area contributed by atoms with E-state index in [1.54, 1.807) is 19.1 Å². The molecule has 0 fully saturated rings. The second kappa shape index (κ2) is 7.30. The number of aliphatic hydroxyl groups excluding tert-OH is 1. The van der Waals surface area contributed by atoms with Crippen molar-refractivity contribution in [1.82, 2.24) is 5.32 Å². The van der Waals surface area contributed by atoms with Crippen LogP contribution in [0.15, 0.2) is 24.3 Å². The highest BCUT2D eigenvalue weighted by molar-refractivity contribution is 5.77. The van der Waals surface area contributed by atoms with Gasteiger partial charge in [-0.2, -0.15) is 5.26 Å². The molecule has 0 saturated heterocycles. The van der Waals surface area contributed by atoms with Crippen molar-refractivity contribution in [2.24, 2.45) is 0 Å². The smallest absolute Gasteiger partial charge is 0.258 e. The van der Waals surface area contributed by atoms with Crippen LogP contribution in [0.5, 0.6) is 5.75 Å². The van der Waals surface area contributed by atoms with Crippen LogP contribution in [0.25, 0.3) is 0 Å². The summed E-state index contributed by atoms with van der Waals surface area (Å²) < 4.78 is 5.24. The fraction of sp³-hybridized carbons (Fsp3) is 0.385. The number of aliphatic hydroxyl groups is 1. The molecule has 0 aliphatic carbocycles. The highest BCUT2D eigenvalue weighted by atomic mass is 16.5. The standard InChI is InChI=1S/C13H16N2O3/c1-10(16)8-11-2-4-12(5-3-11)18-9-13(17)15-7-6-14/h2-5,10,16H,7-9H2,1H3,(H,15,17). The minimum absolute atomic E-state index is 0.0183. The van der Waals surface area contributed by atoms with E-state index in [-0.39, 0.29) is 25.2 Å². The summed E-state index contributed by atoms with van der Waals surface area (Å²) in [6.45, 7) is 1.59. The van der Waals surface area contributed by atoms with Crippen molar-refractivity contribution in [3.8, 4) is 11.8 Å². The number of rotatable bonds is 6. The van der Waals surface area contributed by atoms with Gasteiger partial charge >= 0.3 is 0 Å². The Hall–Kier alpha value is -2.06. The van der Waals surface area contributed by atoms with Crippen molar-refractivity contribution in [2.75, 3.05) is 13.2 Å². The zero-order valence-corrected chi connectivity index (χ0v) is 10.2. The van der Waals surface area contributed by atoms with Crippen LogP contribution in [0.4, 0.5) is 0 Å². The summed E-state index contributed by atoms with van der Waals surface area (Å²) in [6, 6.07) is 8.99. The molecule has 1 aromatic carbocycles. The number of amides is 1. The molecular weight excluding hydrogens is 232 g/mol. The first kappa shape index (κ1) is 14.0. The Kier molecular flexibility index (Phi) is 5.68. The van der Waals surface area contributed by atoms with E-state index < -0.39 is 0 Å². The molecule has 1 atom stereocenters. The average molecular weight is 248 g/mol. The predicted molar refractivity (Wildman–Crippen MR) is 65.9 cm³/mol. The summed E-state index contributed by atoms with van der Waals surface area (Å²) in [5, 5.41) is 19.9. The van der Waals surface area contributed by atoms with Gasteiger partial charge in [0, 0.05) is 0 Å². The number of ether oxygens (including phenoxy) is 1. The largest absolute Gasteiger partial charge is 0.484 e. The van der Waals surface area contributed by atoms with Gasteiger partial charge in [-0.1, -0.05) is 12.1 Å². The van der Waals surface area contributed by atoms with Crippen LogP contribution in [-0.2, 0) is 11.2 Å². The third kappa shape index (κ3) is 5.32. The number of nitriles is 1. The molecular formula is C13H16N2O3. The van der Waals surface area contributed by atoms with E-state index >= 15 is 0 Å². The second-order valence-electron chi connectivity index (χ2n) is 3.92. The van der Waals surface area contributed by atoms with E-state index in [9.17, 15) is 9.90 Å². The van der Waals surface area contributed by atoms with Gasteiger partial charge in [0.2, 0.25) is 0 Å². The van der Waals surface area contributed by atoms with Crippen molar-refractivity contribution in [3.63, 3.8) is 0 Å². The van der Waals surface area contributed by atoms with Crippen LogP contribution in [0, 0.1) is 11.3 Å². The second-order valence-corrected chi connectivity index (χ2v) is 3.92. The average Bonchev–Trinajstić information content (AvgIpc) is 2.35. The van der Waals surface area contributed by atoms with Gasteiger partial charge < -0.3 is 15.2 Å². The number of benzene rings is 1. The van der Waals surface area contributed by atoms with Gasteiger partial charge in [-0.15, -0.1) is 0 Å². The van der Waals surface area contributed by atoms with Gasteiger partial charge in [0.1, 0.15) is 12.3 Å². The highest BCUT2D eigenvalue weighted by Crippen LogP contribution is 2.13. The summed E-state index contributed by atoms with van der Waals surface area (Å²) in [7, 11) is 0. The van der Waals surface area contributed by atoms with Crippen LogP contribution in [0.3, 0.4) is 0 Å². The fourth-order valence-electron chi connectivity index (χ4n) is 1.40. The molecule has 1 amide bonds. The molecule has 1 aromatic rings. The number of carbonyl (C=O) groups excluding carboxylic acids is 1. The molecule has 1 rings (SSSR count). The zero-order valence-electron chi connectivity index (χ0n) is 10.2. The van der Waals surface area contributed by atoms with Gasteiger partial charge in [0.05, 0.1) is 12.2 Å². The van der Waals surface area contributed by atoms with Gasteiger partial charge in [-0.05, 0) is 31.0 Å². The number of hydrogen-bond acceptors (Lipinski definition) is 4. The lowest BCUT2D eigenvalue weighted by atomic mass is 10.1. The minimum atomic E-state index is -0.381. The molecule has 1 unspecified atom stereocenters. The molecule has 5 nitrogen and oxygen atoms in total. The van der Waals surface area contributed by atoms with Crippen LogP contribution in [0.2, 0.25) is 0 Å². The molecule has 96 valence electrons. The number of carbonyl (C=O) groups is 1. The summed E-state index contributed by atoms with van der Waals surface area (Å²) in [5.41, 5.74) is 1.01. The Labute approximate surface area is 106 Å². The quantitative estimate of drug-likeness (QED) is 0.723. The first-order valence-corrected chi connectivity index (χ1v) is 5.65. The van der Waals surface area contributed by atoms with Crippen molar-refractivity contribution in [1.29, 1.82) is 5.26 Å². The van der Waals surface area contributed by atoms with Crippen molar-refractivity contribution < 1.29 is 14.6 Å². The van der Waals surface area contributed by atoms with Crippen molar-refractivity contribution in [2.45, 2.75) is 19.4 Å². The monoisotopic (exact) mass is 248 g/mol. The van der Waals surface area contributed by atoms with E-state index in [0.717, 1.165) is 5.56 Å². The molecule has 0 aromatic heterocycles. The maximum Gasteiger partial charge on any atom is 0.258 e. The Balaban J connectivity index is 2.39. The Morgan fingerprint density at radius 3 is 2.72 bits per heavy atom. The third-order valence-electron chi connectivity index (χ3n) is 2.19. The lowest BCUT2D eigenvalue weighted by molar-refractivity contribution is -0.122. The number of nitrogens with zero attached hydrogens (tertiary/aromatic N) is 1. The molecule has 5 heteroatoms. The van der Waals surface area contributed by atoms with Crippen LogP contribution in [-0.4, -0.2) is 30.3 Å². The molecule has 0 heterocycles. The number of hydrogen-bond donors (Lipinski definition) is 2. The van der Waals surface area contributed by atoms with Crippen LogP contribution in [0.1, 0.15) is 12.5 Å². The van der Waals surface area contributed by atoms with E-state index in [1.165, 1.54) is 0 Å². The zero-order chi connectivity index (χ0) is 13.4. The van der Waals surface area contributed by atoms with E-state index in [2.05, 4.69) is 5.32 Å². The summed E-state index contributed by atoms with van der Waals surface area (Å²) in [6.07, 6.45) is 0.205. The molecule has 0 spiro atoms. The third-order valence-corrected chi connectivity index (χ3v) is 2.19. The predicted octanol–water partition coefficient (Wildman–Crippen LogP) is 0.628. The maximum atomic E-state index is 11.2. The number of nitrogens with one attached hydrogen (secondary N) is 1. The first-order chi connectivity index (χ1) is 8.61. The van der Waals surface area contributed by atoms with Crippen molar-refractivity contribution in [3.05, 3.63) is 29.8 Å². The van der Waals surface area contributed by atoms with Gasteiger partial charge in [0.15, 0.2) is 6.61 Å². The first-order valence-electron chi connectivity index (χ1n) is 5.65. The van der Waals surface area contributed by atoms with Gasteiger partial charge in [0.25, 0.3) is 5.91 Å². The Bertz CT molecular complexity index is 421. The molecule has 0 bridgehead atoms.